The number of aromatic hydroxyl groups is 1. The molecule has 7 N–H and O–H groups in total. The zero-order valence-corrected chi connectivity index (χ0v) is 29.0. The van der Waals surface area contributed by atoms with Gasteiger partial charge in [0.05, 0.1) is 24.4 Å². The number of benzene rings is 2. The SMILES string of the molecule is CS(=O)(=O)O.Cc1c(O)cccc1C(=O)NC(CSc1ccccc1)C(O)CN1C[C@H]2CCCC[C@H]2C[C@H]1C(=O)NC(C)(C)C.O. The highest BCUT2D eigenvalue weighted by molar-refractivity contribution is 7.99. The summed E-state index contributed by atoms with van der Waals surface area (Å²) in [5.41, 5.74) is 0.543. The molecule has 1 saturated heterocycles. The number of phenols is 1. The van der Waals surface area contributed by atoms with E-state index in [4.69, 9.17) is 4.55 Å². The molecule has 2 aromatic rings. The summed E-state index contributed by atoms with van der Waals surface area (Å²) in [6.07, 6.45) is 5.39. The fourth-order valence-corrected chi connectivity index (χ4v) is 7.09. The van der Waals surface area contributed by atoms with Gasteiger partial charge in [0, 0.05) is 40.4 Å². The second kappa shape index (κ2) is 17.5. The number of phenolic OH excluding ortho intramolecular Hbond substituents is 1. The van der Waals surface area contributed by atoms with Gasteiger partial charge in [-0.05, 0) is 76.6 Å². The lowest BCUT2D eigenvalue weighted by atomic mass is 9.72. The van der Waals surface area contributed by atoms with Gasteiger partial charge in [-0.3, -0.25) is 19.0 Å². The van der Waals surface area contributed by atoms with Crippen LogP contribution in [0.15, 0.2) is 53.4 Å². The Kier molecular flexibility index (Phi) is 15.0. The molecule has 13 heteroatoms. The summed E-state index contributed by atoms with van der Waals surface area (Å²) in [5.74, 6) is 1.27. The third-order valence-electron chi connectivity index (χ3n) is 8.23. The number of amides is 2. The van der Waals surface area contributed by atoms with Crippen LogP contribution < -0.4 is 10.6 Å². The molecule has 46 heavy (non-hydrogen) atoms. The van der Waals surface area contributed by atoms with Crippen LogP contribution in [0.4, 0.5) is 0 Å². The largest absolute Gasteiger partial charge is 0.508 e. The van der Waals surface area contributed by atoms with Crippen LogP contribution in [0.5, 0.6) is 5.75 Å². The Bertz CT molecular complexity index is 1380. The number of nitrogens with zero attached hydrogens (tertiary/aromatic N) is 1. The lowest BCUT2D eigenvalue weighted by molar-refractivity contribution is -0.132. The van der Waals surface area contributed by atoms with Gasteiger partial charge in [-0.2, -0.15) is 8.42 Å². The van der Waals surface area contributed by atoms with E-state index in [2.05, 4.69) is 15.5 Å². The summed E-state index contributed by atoms with van der Waals surface area (Å²) < 4.78 is 25.9. The Morgan fingerprint density at radius 2 is 1.65 bits per heavy atom. The van der Waals surface area contributed by atoms with E-state index in [0.717, 1.165) is 30.7 Å². The zero-order chi connectivity index (χ0) is 33.4. The molecule has 1 saturated carbocycles. The quantitative estimate of drug-likeness (QED) is 0.195. The Balaban J connectivity index is 0.00000114. The van der Waals surface area contributed by atoms with Crippen molar-refractivity contribution in [2.24, 2.45) is 11.8 Å². The van der Waals surface area contributed by atoms with Gasteiger partial charge in [0.25, 0.3) is 16.0 Å². The maximum Gasteiger partial charge on any atom is 0.261 e. The van der Waals surface area contributed by atoms with Crippen LogP contribution in [0.1, 0.15) is 68.8 Å². The minimum Gasteiger partial charge on any atom is -0.508 e. The fourth-order valence-electron chi connectivity index (χ4n) is 6.06. The van der Waals surface area contributed by atoms with Gasteiger partial charge < -0.3 is 26.3 Å². The molecule has 2 aliphatic rings. The Morgan fingerprint density at radius 3 is 2.26 bits per heavy atom. The topological polar surface area (TPSA) is 188 Å². The zero-order valence-electron chi connectivity index (χ0n) is 27.4. The first-order valence-electron chi connectivity index (χ1n) is 15.5. The third-order valence-corrected chi connectivity index (χ3v) is 9.36. The summed E-state index contributed by atoms with van der Waals surface area (Å²) in [5, 5.41) is 28.0. The van der Waals surface area contributed by atoms with Crippen molar-refractivity contribution in [3.05, 3.63) is 59.7 Å². The van der Waals surface area contributed by atoms with E-state index in [1.54, 1.807) is 36.9 Å². The molecular formula is C33H51N3O8S2. The molecule has 1 aliphatic heterocycles. The molecule has 2 amide bonds. The van der Waals surface area contributed by atoms with Crippen molar-refractivity contribution < 1.29 is 38.2 Å². The van der Waals surface area contributed by atoms with Gasteiger partial charge in [-0.25, -0.2) is 0 Å². The summed E-state index contributed by atoms with van der Waals surface area (Å²) in [6, 6.07) is 13.9. The van der Waals surface area contributed by atoms with E-state index in [1.165, 1.54) is 12.8 Å². The number of rotatable bonds is 9. The molecule has 2 fully saturated rings. The average molecular weight is 682 g/mol. The van der Waals surface area contributed by atoms with Crippen LogP contribution in [0.3, 0.4) is 0 Å². The van der Waals surface area contributed by atoms with E-state index in [1.807, 2.05) is 51.1 Å². The number of carbonyl (C=O) groups excluding carboxylic acids is 2. The highest BCUT2D eigenvalue weighted by Gasteiger charge is 2.41. The molecule has 2 aromatic carbocycles. The second-order valence-corrected chi connectivity index (χ2v) is 15.8. The monoisotopic (exact) mass is 681 g/mol. The number of nitrogens with one attached hydrogen (secondary N) is 2. The maximum absolute atomic E-state index is 13.5. The number of aliphatic hydroxyl groups excluding tert-OH is 1. The van der Waals surface area contributed by atoms with E-state index < -0.39 is 22.3 Å². The number of fused-ring (bicyclic) bond motifs is 1. The number of aliphatic hydroxyl groups is 1. The van der Waals surface area contributed by atoms with Crippen molar-refractivity contribution in [3.8, 4) is 5.75 Å². The normalized spacial score (nSPS) is 21.3. The van der Waals surface area contributed by atoms with E-state index in [-0.39, 0.29) is 34.6 Å². The van der Waals surface area contributed by atoms with Gasteiger partial charge in [0.1, 0.15) is 5.75 Å². The summed E-state index contributed by atoms with van der Waals surface area (Å²) >= 11 is 1.57. The Labute approximate surface area is 277 Å². The summed E-state index contributed by atoms with van der Waals surface area (Å²) in [7, 11) is -3.67. The predicted octanol–water partition coefficient (Wildman–Crippen LogP) is 3.43. The van der Waals surface area contributed by atoms with Crippen LogP contribution in [0, 0.1) is 18.8 Å². The van der Waals surface area contributed by atoms with Gasteiger partial charge in [-0.1, -0.05) is 43.5 Å². The van der Waals surface area contributed by atoms with E-state index in [9.17, 15) is 28.2 Å². The van der Waals surface area contributed by atoms with E-state index >= 15 is 0 Å². The Hall–Kier alpha value is -2.68. The number of likely N-dealkylation sites (tertiary alicyclic amines) is 1. The molecule has 11 nitrogen and oxygen atoms in total. The summed E-state index contributed by atoms with van der Waals surface area (Å²) in [4.78, 5) is 30.0. The van der Waals surface area contributed by atoms with Crippen LogP contribution in [-0.2, 0) is 14.9 Å². The van der Waals surface area contributed by atoms with Crippen LogP contribution in [-0.4, -0.2) is 94.2 Å². The van der Waals surface area contributed by atoms with Crippen LogP contribution in [0.25, 0.3) is 0 Å². The first-order chi connectivity index (χ1) is 21.0. The average Bonchev–Trinajstić information content (AvgIpc) is 2.95. The second-order valence-electron chi connectivity index (χ2n) is 13.2. The minimum atomic E-state index is -3.67. The highest BCUT2D eigenvalue weighted by atomic mass is 32.2. The predicted molar refractivity (Wildman–Crippen MR) is 182 cm³/mol. The van der Waals surface area contributed by atoms with Crippen LogP contribution in [0.2, 0.25) is 0 Å². The van der Waals surface area contributed by atoms with Crippen molar-refractivity contribution in [1.29, 1.82) is 0 Å². The molecular weight excluding hydrogens is 631 g/mol. The third kappa shape index (κ3) is 12.8. The van der Waals surface area contributed by atoms with Crippen molar-refractivity contribution in [2.75, 3.05) is 25.1 Å². The van der Waals surface area contributed by atoms with Crippen molar-refractivity contribution in [1.82, 2.24) is 15.5 Å². The molecule has 0 bridgehead atoms. The van der Waals surface area contributed by atoms with Gasteiger partial charge in [0.2, 0.25) is 5.91 Å². The molecule has 258 valence electrons. The van der Waals surface area contributed by atoms with Gasteiger partial charge in [0.15, 0.2) is 0 Å². The lowest BCUT2D eigenvalue weighted by Crippen LogP contribution is -2.60. The Morgan fingerprint density at radius 1 is 1.04 bits per heavy atom. The molecule has 4 rings (SSSR count). The molecule has 1 heterocycles. The van der Waals surface area contributed by atoms with Gasteiger partial charge >= 0.3 is 0 Å². The van der Waals surface area contributed by atoms with Gasteiger partial charge in [-0.15, -0.1) is 11.8 Å². The molecule has 1 aliphatic carbocycles. The summed E-state index contributed by atoms with van der Waals surface area (Å²) in [6.45, 7) is 8.76. The number of carbonyl (C=O) groups is 2. The molecule has 0 aromatic heterocycles. The number of piperidine rings is 1. The first kappa shape index (κ1) is 39.5. The standard InChI is InChI=1S/C32H45N3O4S.CH4O3S.H2O/c1-21-25(15-10-16-28(21)36)30(38)33-26(20-40-24-13-6-5-7-14-24)29(37)19-35-18-23-12-9-8-11-22(23)17-27(35)31(39)34-32(2,3)4;1-5(2,3)4;/h5-7,10,13-16,22-23,26-27,29,36-37H,8-9,11-12,17-20H2,1-4H3,(H,33,38)(H,34,39);1H3,(H,2,3,4);1H2/t22-,23+,26?,27-,29?;;/m0../s1. The number of β-amino-alcohol motifs (C(OH)–C–C–N with tert-alkyl or cyclic N) is 1. The fraction of sp³-hybridized carbons (Fsp3) is 0.576. The first-order valence-corrected chi connectivity index (χ1v) is 18.3. The number of thioether (sulfide) groups is 1. The maximum atomic E-state index is 13.5. The molecule has 0 radical (unpaired) electrons. The lowest BCUT2D eigenvalue weighted by Gasteiger charge is -2.47. The highest BCUT2D eigenvalue weighted by Crippen LogP contribution is 2.39. The smallest absolute Gasteiger partial charge is 0.261 e. The molecule has 0 spiro atoms. The minimum absolute atomic E-state index is 0. The number of hydrogen-bond donors (Lipinski definition) is 5. The van der Waals surface area contributed by atoms with Crippen molar-refractivity contribution in [3.63, 3.8) is 0 Å². The van der Waals surface area contributed by atoms with Crippen molar-refractivity contribution >= 4 is 33.7 Å². The van der Waals surface area contributed by atoms with Crippen molar-refractivity contribution in [2.45, 2.75) is 88.4 Å². The number of hydrogen-bond acceptors (Lipinski definition) is 8. The molecule has 5 atom stereocenters. The van der Waals surface area contributed by atoms with Crippen LogP contribution >= 0.6 is 11.8 Å². The molecule has 2 unspecified atom stereocenters. The van der Waals surface area contributed by atoms with E-state index in [0.29, 0.717) is 41.5 Å².